The van der Waals surface area contributed by atoms with Gasteiger partial charge in [-0.1, -0.05) is 0 Å². The van der Waals surface area contributed by atoms with Crippen molar-refractivity contribution in [2.45, 2.75) is 19.4 Å². The van der Waals surface area contributed by atoms with Gasteiger partial charge in [-0.25, -0.2) is 4.98 Å². The summed E-state index contributed by atoms with van der Waals surface area (Å²) in [6.45, 7) is 1.86. The van der Waals surface area contributed by atoms with E-state index in [2.05, 4.69) is 20.9 Å². The first-order chi connectivity index (χ1) is 7.81. The second kappa shape index (κ2) is 4.02. The van der Waals surface area contributed by atoms with Gasteiger partial charge in [0.1, 0.15) is 0 Å². The van der Waals surface area contributed by atoms with E-state index in [0.717, 1.165) is 29.6 Å². The van der Waals surface area contributed by atoms with Crippen LogP contribution in [0.5, 0.6) is 0 Å². The Morgan fingerprint density at radius 3 is 3.12 bits per heavy atom. The molecule has 1 aliphatic carbocycles. The van der Waals surface area contributed by atoms with E-state index in [4.69, 9.17) is 11.6 Å². The number of aromatic nitrogens is 2. The Balaban J connectivity index is 1.57. The van der Waals surface area contributed by atoms with Crippen LogP contribution < -0.4 is 5.32 Å². The van der Waals surface area contributed by atoms with Crippen LogP contribution in [-0.2, 0) is 6.54 Å². The number of nitrogens with one attached hydrogen (secondary N) is 1. The highest BCUT2D eigenvalue weighted by Gasteiger charge is 2.41. The fourth-order valence-electron chi connectivity index (χ4n) is 1.85. The first-order valence-corrected chi connectivity index (χ1v) is 6.91. The first kappa shape index (κ1) is 10.6. The molecule has 3 nitrogen and oxygen atoms in total. The molecule has 2 aromatic rings. The minimum absolute atomic E-state index is 0.388. The van der Waals surface area contributed by atoms with Gasteiger partial charge in [0, 0.05) is 36.7 Å². The summed E-state index contributed by atoms with van der Waals surface area (Å²) in [5, 5.41) is 5.50. The predicted octanol–water partition coefficient (Wildman–Crippen LogP) is 2.50. The molecule has 0 atom stereocenters. The van der Waals surface area contributed by atoms with Crippen LogP contribution in [0.1, 0.15) is 18.5 Å². The Kier molecular flexibility index (Phi) is 2.65. The molecule has 86 valence electrons. The lowest BCUT2D eigenvalue weighted by molar-refractivity contribution is 0.502. The fraction of sp³-hybridized carbons (Fsp3) is 0.545. The predicted molar refractivity (Wildman–Crippen MR) is 67.2 cm³/mol. The molecule has 2 heterocycles. The maximum atomic E-state index is 5.93. The van der Waals surface area contributed by atoms with E-state index in [1.807, 2.05) is 11.6 Å². The number of rotatable bonds is 5. The molecular weight excluding hydrogens is 242 g/mol. The number of hydrogen-bond acceptors (Lipinski definition) is 3. The van der Waals surface area contributed by atoms with Gasteiger partial charge in [-0.2, -0.15) is 0 Å². The highest BCUT2D eigenvalue weighted by molar-refractivity contribution is 7.15. The highest BCUT2D eigenvalue weighted by Crippen LogP contribution is 2.45. The standard InChI is InChI=1S/C11H14ClN3S/c12-7-11(1-2-11)8-13-5-9-6-15-3-4-16-10(15)14-9/h3-4,6,13H,1-2,5,7-8H2. The van der Waals surface area contributed by atoms with E-state index in [-0.39, 0.29) is 0 Å². The molecular formula is C11H14ClN3S. The zero-order valence-electron chi connectivity index (χ0n) is 8.95. The molecule has 1 aliphatic rings. The van der Waals surface area contributed by atoms with Gasteiger partial charge in [-0.05, 0) is 18.3 Å². The second-order valence-corrected chi connectivity index (χ2v) is 5.70. The van der Waals surface area contributed by atoms with Crippen LogP contribution in [0.25, 0.3) is 4.96 Å². The van der Waals surface area contributed by atoms with E-state index in [1.165, 1.54) is 12.8 Å². The van der Waals surface area contributed by atoms with Gasteiger partial charge in [0.05, 0.1) is 5.69 Å². The smallest absolute Gasteiger partial charge is 0.193 e. The largest absolute Gasteiger partial charge is 0.311 e. The zero-order chi connectivity index (χ0) is 11.0. The molecule has 0 spiro atoms. The molecule has 0 amide bonds. The third kappa shape index (κ3) is 1.97. The van der Waals surface area contributed by atoms with Gasteiger partial charge in [0.2, 0.25) is 0 Å². The molecule has 0 aromatic carbocycles. The van der Waals surface area contributed by atoms with Gasteiger partial charge in [0.15, 0.2) is 4.96 Å². The van der Waals surface area contributed by atoms with Crippen LogP contribution >= 0.6 is 22.9 Å². The highest BCUT2D eigenvalue weighted by atomic mass is 35.5. The van der Waals surface area contributed by atoms with Gasteiger partial charge >= 0.3 is 0 Å². The van der Waals surface area contributed by atoms with Gasteiger partial charge in [0.25, 0.3) is 0 Å². The van der Waals surface area contributed by atoms with Crippen molar-refractivity contribution in [3.63, 3.8) is 0 Å². The average molecular weight is 256 g/mol. The molecule has 1 fully saturated rings. The number of fused-ring (bicyclic) bond motifs is 1. The van der Waals surface area contributed by atoms with Crippen molar-refractivity contribution in [1.29, 1.82) is 0 Å². The maximum Gasteiger partial charge on any atom is 0.193 e. The third-order valence-electron chi connectivity index (χ3n) is 3.19. The van der Waals surface area contributed by atoms with Gasteiger partial charge in [-0.15, -0.1) is 22.9 Å². The summed E-state index contributed by atoms with van der Waals surface area (Å²) in [4.78, 5) is 5.59. The topological polar surface area (TPSA) is 29.3 Å². The summed E-state index contributed by atoms with van der Waals surface area (Å²) < 4.78 is 2.07. The molecule has 16 heavy (non-hydrogen) atoms. The summed E-state index contributed by atoms with van der Waals surface area (Å²) >= 11 is 7.59. The summed E-state index contributed by atoms with van der Waals surface area (Å²) in [6, 6.07) is 0. The monoisotopic (exact) mass is 255 g/mol. The first-order valence-electron chi connectivity index (χ1n) is 5.49. The minimum atomic E-state index is 0.388. The molecule has 2 aromatic heterocycles. The SMILES string of the molecule is ClCC1(CNCc2cn3ccsc3n2)CC1. The quantitative estimate of drug-likeness (QED) is 0.832. The number of alkyl halides is 1. The van der Waals surface area contributed by atoms with Gasteiger partial charge < -0.3 is 5.32 Å². The van der Waals surface area contributed by atoms with Crippen molar-refractivity contribution < 1.29 is 0 Å². The lowest BCUT2D eigenvalue weighted by Crippen LogP contribution is -2.24. The van der Waals surface area contributed by atoms with Crippen molar-refractivity contribution in [1.82, 2.24) is 14.7 Å². The molecule has 0 aliphatic heterocycles. The molecule has 3 rings (SSSR count). The minimum Gasteiger partial charge on any atom is -0.311 e. The molecule has 0 unspecified atom stereocenters. The molecule has 0 bridgehead atoms. The number of halogens is 1. The van der Waals surface area contributed by atoms with E-state index in [1.54, 1.807) is 11.3 Å². The lowest BCUT2D eigenvalue weighted by Gasteiger charge is -2.10. The Morgan fingerprint density at radius 2 is 2.44 bits per heavy atom. The zero-order valence-corrected chi connectivity index (χ0v) is 10.5. The number of thiazole rings is 1. The van der Waals surface area contributed by atoms with Crippen LogP contribution in [-0.4, -0.2) is 21.8 Å². The molecule has 5 heteroatoms. The van der Waals surface area contributed by atoms with Crippen molar-refractivity contribution in [3.8, 4) is 0 Å². The van der Waals surface area contributed by atoms with Crippen LogP contribution in [0.3, 0.4) is 0 Å². The number of hydrogen-bond donors (Lipinski definition) is 1. The Bertz CT molecular complexity index is 458. The molecule has 0 saturated heterocycles. The Morgan fingerprint density at radius 1 is 1.56 bits per heavy atom. The van der Waals surface area contributed by atoms with Crippen molar-refractivity contribution in [3.05, 3.63) is 23.5 Å². The van der Waals surface area contributed by atoms with Gasteiger partial charge in [-0.3, -0.25) is 4.40 Å². The normalized spacial score (nSPS) is 18.1. The number of imidazole rings is 1. The van der Waals surface area contributed by atoms with Crippen molar-refractivity contribution in [2.24, 2.45) is 5.41 Å². The summed E-state index contributed by atoms with van der Waals surface area (Å²) in [7, 11) is 0. The second-order valence-electron chi connectivity index (χ2n) is 4.56. The van der Waals surface area contributed by atoms with E-state index < -0.39 is 0 Å². The van der Waals surface area contributed by atoms with Crippen LogP contribution in [0.15, 0.2) is 17.8 Å². The van der Waals surface area contributed by atoms with Crippen LogP contribution in [0, 0.1) is 5.41 Å². The summed E-state index contributed by atoms with van der Waals surface area (Å²) in [6.07, 6.45) is 6.65. The van der Waals surface area contributed by atoms with E-state index in [9.17, 15) is 0 Å². The Labute approximate surface area is 103 Å². The molecule has 1 saturated carbocycles. The summed E-state index contributed by atoms with van der Waals surface area (Å²) in [5.41, 5.74) is 1.50. The fourth-order valence-corrected chi connectivity index (χ4v) is 2.93. The van der Waals surface area contributed by atoms with Crippen molar-refractivity contribution >= 4 is 27.9 Å². The molecule has 1 N–H and O–H groups in total. The van der Waals surface area contributed by atoms with E-state index in [0.29, 0.717) is 5.41 Å². The maximum absolute atomic E-state index is 5.93. The van der Waals surface area contributed by atoms with Crippen LogP contribution in [0.2, 0.25) is 0 Å². The van der Waals surface area contributed by atoms with E-state index >= 15 is 0 Å². The molecule has 0 radical (unpaired) electrons. The average Bonchev–Trinajstić information content (AvgIpc) is 2.74. The third-order valence-corrected chi connectivity index (χ3v) is 4.53. The number of nitrogens with zero attached hydrogens (tertiary/aromatic N) is 2. The summed E-state index contributed by atoms with van der Waals surface area (Å²) in [5.74, 6) is 0.776. The lowest BCUT2D eigenvalue weighted by atomic mass is 10.1. The van der Waals surface area contributed by atoms with Crippen LogP contribution in [0.4, 0.5) is 0 Å². The Hall–Kier alpha value is -0.580. The van der Waals surface area contributed by atoms with Crippen molar-refractivity contribution in [2.75, 3.05) is 12.4 Å².